The Morgan fingerprint density at radius 2 is 1.90 bits per heavy atom. The molecule has 1 saturated heterocycles. The molecule has 0 amide bonds. The Labute approximate surface area is 181 Å². The molecule has 1 fully saturated rings. The molecule has 0 bridgehead atoms. The smallest absolute Gasteiger partial charge is 0.161 e. The van der Waals surface area contributed by atoms with E-state index in [1.54, 1.807) is 0 Å². The number of benzene rings is 1. The lowest BCUT2D eigenvalue weighted by atomic mass is 9.92. The van der Waals surface area contributed by atoms with Crippen molar-refractivity contribution in [3.05, 3.63) is 41.6 Å². The van der Waals surface area contributed by atoms with Crippen LogP contribution in [0.4, 0.5) is 5.82 Å². The molecule has 3 rings (SSSR count). The standard InChI is InChI=1S/C24H37N5O/c1-4-20(10-12-25-3)21-6-8-22(9-7-21)24-27-18-19(2)23(28-24)26-11-5-13-29-14-16-30-17-15-29/h6-9,18,20,25H,4-5,10-17H2,1-3H3,(H,26,27,28). The van der Waals surface area contributed by atoms with Crippen molar-refractivity contribution in [1.82, 2.24) is 20.2 Å². The Morgan fingerprint density at radius 3 is 2.60 bits per heavy atom. The maximum atomic E-state index is 5.41. The Morgan fingerprint density at radius 1 is 1.13 bits per heavy atom. The minimum absolute atomic E-state index is 0.592. The van der Waals surface area contributed by atoms with Crippen LogP contribution in [-0.4, -0.2) is 67.9 Å². The first-order valence-corrected chi connectivity index (χ1v) is 11.3. The number of nitrogens with zero attached hydrogens (tertiary/aromatic N) is 3. The van der Waals surface area contributed by atoms with Gasteiger partial charge in [0.15, 0.2) is 5.82 Å². The van der Waals surface area contributed by atoms with E-state index >= 15 is 0 Å². The van der Waals surface area contributed by atoms with Crippen molar-refractivity contribution in [3.63, 3.8) is 0 Å². The molecule has 2 N–H and O–H groups in total. The van der Waals surface area contributed by atoms with E-state index in [-0.39, 0.29) is 0 Å². The molecule has 6 heteroatoms. The number of anilines is 1. The number of morpholine rings is 1. The van der Waals surface area contributed by atoms with Gasteiger partial charge in [0.2, 0.25) is 0 Å². The average Bonchev–Trinajstić information content (AvgIpc) is 2.79. The first kappa shape index (κ1) is 22.7. The highest BCUT2D eigenvalue weighted by atomic mass is 16.5. The van der Waals surface area contributed by atoms with Crippen LogP contribution in [0.15, 0.2) is 30.5 Å². The molecule has 1 aliphatic heterocycles. The Bertz CT molecular complexity index is 759. The van der Waals surface area contributed by atoms with Gasteiger partial charge in [-0.1, -0.05) is 31.2 Å². The second-order valence-corrected chi connectivity index (χ2v) is 8.08. The topological polar surface area (TPSA) is 62.3 Å². The quantitative estimate of drug-likeness (QED) is 0.550. The van der Waals surface area contributed by atoms with Gasteiger partial charge in [-0.25, -0.2) is 9.97 Å². The van der Waals surface area contributed by atoms with Crippen LogP contribution in [0.5, 0.6) is 0 Å². The van der Waals surface area contributed by atoms with E-state index in [0.717, 1.165) is 88.0 Å². The van der Waals surface area contributed by atoms with Crippen LogP contribution in [0.25, 0.3) is 11.4 Å². The number of hydrogen-bond acceptors (Lipinski definition) is 6. The summed E-state index contributed by atoms with van der Waals surface area (Å²) < 4.78 is 5.41. The summed E-state index contributed by atoms with van der Waals surface area (Å²) in [7, 11) is 2.01. The Hall–Kier alpha value is -2.02. The van der Waals surface area contributed by atoms with Gasteiger partial charge in [-0.05, 0) is 57.8 Å². The van der Waals surface area contributed by atoms with E-state index < -0.39 is 0 Å². The molecule has 0 saturated carbocycles. The maximum absolute atomic E-state index is 5.41. The fraction of sp³-hybridized carbons (Fsp3) is 0.583. The average molecular weight is 412 g/mol. The number of ether oxygens (including phenoxy) is 1. The van der Waals surface area contributed by atoms with Crippen LogP contribution in [0.3, 0.4) is 0 Å². The predicted molar refractivity (Wildman–Crippen MR) is 124 cm³/mol. The first-order valence-electron chi connectivity index (χ1n) is 11.3. The molecule has 164 valence electrons. The van der Waals surface area contributed by atoms with Crippen LogP contribution < -0.4 is 10.6 Å². The SMILES string of the molecule is CCC(CCNC)c1ccc(-c2ncc(C)c(NCCCN3CCOCC3)n2)cc1. The lowest BCUT2D eigenvalue weighted by Gasteiger charge is -2.26. The van der Waals surface area contributed by atoms with Crippen molar-refractivity contribution >= 4 is 5.82 Å². The van der Waals surface area contributed by atoms with Crippen molar-refractivity contribution in [1.29, 1.82) is 0 Å². The molecule has 1 aromatic carbocycles. The Kier molecular flexibility index (Phi) is 9.05. The number of aromatic nitrogens is 2. The normalized spacial score (nSPS) is 15.8. The third kappa shape index (κ3) is 6.49. The highest BCUT2D eigenvalue weighted by Gasteiger charge is 2.12. The number of hydrogen-bond donors (Lipinski definition) is 2. The van der Waals surface area contributed by atoms with Crippen LogP contribution in [0.2, 0.25) is 0 Å². The van der Waals surface area contributed by atoms with E-state index in [2.05, 4.69) is 58.6 Å². The molecule has 2 heterocycles. The summed E-state index contributed by atoms with van der Waals surface area (Å²) >= 11 is 0. The second kappa shape index (κ2) is 12.0. The van der Waals surface area contributed by atoms with Crippen molar-refractivity contribution in [2.24, 2.45) is 0 Å². The molecule has 6 nitrogen and oxygen atoms in total. The second-order valence-electron chi connectivity index (χ2n) is 8.08. The summed E-state index contributed by atoms with van der Waals surface area (Å²) in [6.07, 6.45) is 5.33. The Balaban J connectivity index is 1.58. The molecular weight excluding hydrogens is 374 g/mol. The summed E-state index contributed by atoms with van der Waals surface area (Å²) in [5, 5.41) is 6.76. The zero-order chi connectivity index (χ0) is 21.2. The zero-order valence-corrected chi connectivity index (χ0v) is 18.8. The van der Waals surface area contributed by atoms with Gasteiger partial charge in [-0.2, -0.15) is 0 Å². The van der Waals surface area contributed by atoms with Crippen molar-refractivity contribution in [2.45, 2.75) is 39.0 Å². The minimum atomic E-state index is 0.592. The molecule has 1 unspecified atom stereocenters. The number of nitrogens with one attached hydrogen (secondary N) is 2. The van der Waals surface area contributed by atoms with E-state index in [9.17, 15) is 0 Å². The molecule has 0 aliphatic carbocycles. The van der Waals surface area contributed by atoms with Crippen molar-refractivity contribution in [2.75, 3.05) is 58.3 Å². The van der Waals surface area contributed by atoms with Gasteiger partial charge in [0.25, 0.3) is 0 Å². The minimum Gasteiger partial charge on any atom is -0.379 e. The first-order chi connectivity index (χ1) is 14.7. The summed E-state index contributed by atoms with van der Waals surface area (Å²) in [6, 6.07) is 8.78. The molecule has 1 atom stereocenters. The predicted octanol–water partition coefficient (Wildman–Crippen LogP) is 3.69. The van der Waals surface area contributed by atoms with Gasteiger partial charge < -0.3 is 15.4 Å². The molecule has 30 heavy (non-hydrogen) atoms. The zero-order valence-electron chi connectivity index (χ0n) is 18.8. The van der Waals surface area contributed by atoms with E-state index in [0.29, 0.717) is 5.92 Å². The van der Waals surface area contributed by atoms with E-state index in [1.807, 2.05) is 13.2 Å². The fourth-order valence-corrected chi connectivity index (χ4v) is 3.92. The van der Waals surface area contributed by atoms with Crippen molar-refractivity contribution in [3.8, 4) is 11.4 Å². The number of rotatable bonds is 11. The van der Waals surface area contributed by atoms with Crippen LogP contribution in [-0.2, 0) is 4.74 Å². The van der Waals surface area contributed by atoms with E-state index in [4.69, 9.17) is 9.72 Å². The summed E-state index contributed by atoms with van der Waals surface area (Å²) in [6.45, 7) is 11.2. The highest BCUT2D eigenvalue weighted by molar-refractivity contribution is 5.59. The van der Waals surface area contributed by atoms with Crippen molar-refractivity contribution < 1.29 is 4.74 Å². The van der Waals surface area contributed by atoms with Gasteiger partial charge in [0.1, 0.15) is 5.82 Å². The fourth-order valence-electron chi connectivity index (χ4n) is 3.92. The van der Waals surface area contributed by atoms with Crippen LogP contribution in [0, 0.1) is 6.92 Å². The summed E-state index contributed by atoms with van der Waals surface area (Å²) in [4.78, 5) is 11.8. The molecular formula is C24H37N5O. The number of aryl methyl sites for hydroxylation is 1. The summed E-state index contributed by atoms with van der Waals surface area (Å²) in [5.74, 6) is 2.31. The molecule has 1 aliphatic rings. The van der Waals surface area contributed by atoms with E-state index in [1.165, 1.54) is 5.56 Å². The van der Waals surface area contributed by atoms with Gasteiger partial charge in [-0.3, -0.25) is 4.90 Å². The molecule has 1 aromatic heterocycles. The molecule has 0 radical (unpaired) electrons. The van der Waals surface area contributed by atoms with Crippen LogP contribution in [0.1, 0.15) is 43.2 Å². The third-order valence-corrected chi connectivity index (χ3v) is 5.89. The lowest BCUT2D eigenvalue weighted by molar-refractivity contribution is 0.0378. The van der Waals surface area contributed by atoms with Gasteiger partial charge in [-0.15, -0.1) is 0 Å². The van der Waals surface area contributed by atoms with Crippen LogP contribution >= 0.6 is 0 Å². The van der Waals surface area contributed by atoms with Gasteiger partial charge in [0.05, 0.1) is 13.2 Å². The molecule has 2 aromatic rings. The maximum Gasteiger partial charge on any atom is 0.161 e. The largest absolute Gasteiger partial charge is 0.379 e. The van der Waals surface area contributed by atoms with Gasteiger partial charge >= 0.3 is 0 Å². The lowest BCUT2D eigenvalue weighted by Crippen LogP contribution is -2.37. The molecule has 0 spiro atoms. The monoisotopic (exact) mass is 411 g/mol. The third-order valence-electron chi connectivity index (χ3n) is 5.89. The highest BCUT2D eigenvalue weighted by Crippen LogP contribution is 2.26. The summed E-state index contributed by atoms with van der Waals surface area (Å²) in [5.41, 5.74) is 3.54. The van der Waals surface area contributed by atoms with Gasteiger partial charge in [0, 0.05) is 37.0 Å².